The molecule has 2 atom stereocenters. The second-order valence-electron chi connectivity index (χ2n) is 6.42. The van der Waals surface area contributed by atoms with Gasteiger partial charge in [0.05, 0.1) is 12.2 Å². The highest BCUT2D eigenvalue weighted by atomic mass is 19.3. The van der Waals surface area contributed by atoms with Gasteiger partial charge in [0.2, 0.25) is 0 Å². The second kappa shape index (κ2) is 5.83. The number of aromatic nitrogens is 2. The van der Waals surface area contributed by atoms with Gasteiger partial charge in [-0.1, -0.05) is 0 Å². The van der Waals surface area contributed by atoms with Crippen molar-refractivity contribution in [3.8, 4) is 0 Å². The summed E-state index contributed by atoms with van der Waals surface area (Å²) in [5, 5.41) is 16.3. The Hall–Kier alpha value is -1.54. The van der Waals surface area contributed by atoms with Crippen LogP contribution in [0.15, 0.2) is 12.4 Å². The van der Waals surface area contributed by atoms with Crippen molar-refractivity contribution in [1.29, 1.82) is 0 Å². The molecule has 0 spiro atoms. The van der Waals surface area contributed by atoms with Crippen molar-refractivity contribution in [1.82, 2.24) is 15.1 Å². The molecule has 3 rings (SSSR count). The number of alkyl halides is 2. The van der Waals surface area contributed by atoms with Crippen molar-refractivity contribution < 1.29 is 23.4 Å². The molecule has 1 aromatic heterocycles. The van der Waals surface area contributed by atoms with Crippen LogP contribution in [0.2, 0.25) is 0 Å². The van der Waals surface area contributed by atoms with Gasteiger partial charge in [0.25, 0.3) is 5.91 Å². The van der Waals surface area contributed by atoms with E-state index in [1.165, 1.54) is 0 Å². The molecule has 1 aromatic rings. The number of hydrogen-bond donors (Lipinski definition) is 2. The van der Waals surface area contributed by atoms with Gasteiger partial charge in [-0.25, -0.2) is 0 Å². The van der Waals surface area contributed by atoms with Crippen molar-refractivity contribution in [2.45, 2.75) is 55.8 Å². The Morgan fingerprint density at radius 3 is 2.83 bits per heavy atom. The van der Waals surface area contributed by atoms with E-state index in [0.717, 1.165) is 5.56 Å². The summed E-state index contributed by atoms with van der Waals surface area (Å²) >= 11 is 0. The SMILES string of the molecule is Cn1cc([C@H]2OCCC[C@@H]2NC(=O)C(F)(F)C2(O)CCC2)cn1. The van der Waals surface area contributed by atoms with Crippen LogP contribution in [0.3, 0.4) is 0 Å². The van der Waals surface area contributed by atoms with Crippen molar-refractivity contribution in [2.24, 2.45) is 7.05 Å². The average Bonchev–Trinajstić information content (AvgIpc) is 2.91. The van der Waals surface area contributed by atoms with Crippen LogP contribution in [-0.4, -0.2) is 45.0 Å². The lowest BCUT2D eigenvalue weighted by atomic mass is 9.75. The Bertz CT molecular complexity index is 586. The maximum absolute atomic E-state index is 14.2. The summed E-state index contributed by atoms with van der Waals surface area (Å²) < 4.78 is 35.7. The number of nitrogens with zero attached hydrogens (tertiary/aromatic N) is 2. The number of aryl methyl sites for hydroxylation is 1. The Labute approximate surface area is 132 Å². The molecule has 8 heteroatoms. The normalized spacial score (nSPS) is 27.3. The number of hydrogen-bond acceptors (Lipinski definition) is 4. The van der Waals surface area contributed by atoms with Gasteiger partial charge in [-0.2, -0.15) is 13.9 Å². The Kier molecular flexibility index (Phi) is 4.14. The second-order valence-corrected chi connectivity index (χ2v) is 6.42. The Balaban J connectivity index is 1.73. The summed E-state index contributed by atoms with van der Waals surface area (Å²) in [6.07, 6.45) is 4.45. The molecule has 1 aliphatic heterocycles. The lowest BCUT2D eigenvalue weighted by molar-refractivity contribution is -0.217. The van der Waals surface area contributed by atoms with Crippen molar-refractivity contribution in [2.75, 3.05) is 6.61 Å². The lowest BCUT2D eigenvalue weighted by Crippen LogP contribution is -2.62. The summed E-state index contributed by atoms with van der Waals surface area (Å²) in [5.41, 5.74) is -1.47. The van der Waals surface area contributed by atoms with Crippen LogP contribution >= 0.6 is 0 Å². The third kappa shape index (κ3) is 2.85. The fraction of sp³-hybridized carbons (Fsp3) is 0.733. The third-order valence-electron chi connectivity index (χ3n) is 4.74. The smallest absolute Gasteiger partial charge is 0.352 e. The van der Waals surface area contributed by atoms with E-state index in [-0.39, 0.29) is 12.8 Å². The summed E-state index contributed by atoms with van der Waals surface area (Å²) in [6.45, 7) is 0.506. The maximum Gasteiger partial charge on any atom is 0.352 e. The largest absolute Gasteiger partial charge is 0.383 e. The number of amides is 1. The van der Waals surface area contributed by atoms with E-state index in [9.17, 15) is 18.7 Å². The summed E-state index contributed by atoms with van der Waals surface area (Å²) in [6, 6.07) is -0.560. The molecular formula is C15H21F2N3O3. The zero-order valence-corrected chi connectivity index (χ0v) is 13.0. The predicted molar refractivity (Wildman–Crippen MR) is 76.8 cm³/mol. The molecule has 2 heterocycles. The summed E-state index contributed by atoms with van der Waals surface area (Å²) in [4.78, 5) is 12.1. The molecule has 23 heavy (non-hydrogen) atoms. The van der Waals surface area contributed by atoms with Gasteiger partial charge in [-0.05, 0) is 32.1 Å². The minimum atomic E-state index is -3.79. The van der Waals surface area contributed by atoms with Gasteiger partial charge in [-0.3, -0.25) is 9.48 Å². The highest BCUT2D eigenvalue weighted by Gasteiger charge is 2.61. The first-order chi connectivity index (χ1) is 10.8. The molecule has 128 valence electrons. The van der Waals surface area contributed by atoms with Gasteiger partial charge >= 0.3 is 5.92 Å². The Morgan fingerprint density at radius 2 is 2.26 bits per heavy atom. The van der Waals surface area contributed by atoms with Crippen LogP contribution in [0.25, 0.3) is 0 Å². The third-order valence-corrected chi connectivity index (χ3v) is 4.74. The maximum atomic E-state index is 14.2. The molecule has 1 saturated carbocycles. The molecule has 1 amide bonds. The van der Waals surface area contributed by atoms with Crippen LogP contribution in [-0.2, 0) is 16.6 Å². The molecule has 1 saturated heterocycles. The predicted octanol–water partition coefficient (Wildman–Crippen LogP) is 1.31. The van der Waals surface area contributed by atoms with Crippen molar-refractivity contribution >= 4 is 5.91 Å². The highest BCUT2D eigenvalue weighted by molar-refractivity contribution is 5.85. The fourth-order valence-corrected chi connectivity index (χ4v) is 3.14. The number of carbonyl (C=O) groups is 1. The number of rotatable bonds is 4. The molecule has 6 nitrogen and oxygen atoms in total. The molecule has 2 fully saturated rings. The van der Waals surface area contributed by atoms with Crippen LogP contribution in [0.5, 0.6) is 0 Å². The van der Waals surface area contributed by atoms with Crippen LogP contribution in [0, 0.1) is 0 Å². The van der Waals surface area contributed by atoms with Crippen LogP contribution < -0.4 is 5.32 Å². The van der Waals surface area contributed by atoms with Gasteiger partial charge in [-0.15, -0.1) is 0 Å². The molecule has 0 bridgehead atoms. The van der Waals surface area contributed by atoms with Crippen molar-refractivity contribution in [3.05, 3.63) is 18.0 Å². The average molecular weight is 329 g/mol. The molecule has 1 aliphatic carbocycles. The monoisotopic (exact) mass is 329 g/mol. The van der Waals surface area contributed by atoms with E-state index >= 15 is 0 Å². The molecule has 0 aromatic carbocycles. The van der Waals surface area contributed by atoms with Gasteiger partial charge in [0, 0.05) is 25.4 Å². The lowest BCUT2D eigenvalue weighted by Gasteiger charge is -2.42. The minimum Gasteiger partial charge on any atom is -0.383 e. The summed E-state index contributed by atoms with van der Waals surface area (Å²) in [7, 11) is 1.75. The van der Waals surface area contributed by atoms with E-state index in [0.29, 0.717) is 25.9 Å². The molecular weight excluding hydrogens is 308 g/mol. The summed E-state index contributed by atoms with van der Waals surface area (Å²) in [5.74, 6) is -5.22. The van der Waals surface area contributed by atoms with E-state index < -0.39 is 29.6 Å². The zero-order valence-electron chi connectivity index (χ0n) is 13.0. The molecule has 0 unspecified atom stereocenters. The van der Waals surface area contributed by atoms with E-state index in [1.807, 2.05) is 0 Å². The van der Waals surface area contributed by atoms with E-state index in [1.54, 1.807) is 24.1 Å². The van der Waals surface area contributed by atoms with Gasteiger partial charge < -0.3 is 15.2 Å². The number of ether oxygens (including phenoxy) is 1. The van der Waals surface area contributed by atoms with Gasteiger partial charge in [0.1, 0.15) is 11.7 Å². The topological polar surface area (TPSA) is 76.4 Å². The highest BCUT2D eigenvalue weighted by Crippen LogP contribution is 2.44. The fourth-order valence-electron chi connectivity index (χ4n) is 3.14. The minimum absolute atomic E-state index is 0.0549. The van der Waals surface area contributed by atoms with E-state index in [2.05, 4.69) is 10.4 Å². The molecule has 2 aliphatic rings. The van der Waals surface area contributed by atoms with E-state index in [4.69, 9.17) is 4.74 Å². The number of aliphatic hydroxyl groups is 1. The number of nitrogens with one attached hydrogen (secondary N) is 1. The van der Waals surface area contributed by atoms with Crippen molar-refractivity contribution in [3.63, 3.8) is 0 Å². The van der Waals surface area contributed by atoms with Crippen LogP contribution in [0.1, 0.15) is 43.8 Å². The standard InChI is InChI=1S/C15H21F2N3O3/c1-20-9-10(8-18-20)12-11(4-2-7-23-12)19-13(21)15(16,17)14(22)5-3-6-14/h8-9,11-12,22H,2-7H2,1H3,(H,19,21)/t11-,12+/m0/s1. The molecule has 2 N–H and O–H groups in total. The first-order valence-corrected chi connectivity index (χ1v) is 7.85. The number of halogens is 2. The number of carbonyl (C=O) groups excluding carboxylic acids is 1. The first kappa shape index (κ1) is 16.3. The quantitative estimate of drug-likeness (QED) is 0.873. The zero-order chi connectivity index (χ0) is 16.7. The first-order valence-electron chi connectivity index (χ1n) is 7.85. The molecule has 0 radical (unpaired) electrons. The van der Waals surface area contributed by atoms with Gasteiger partial charge in [0.15, 0.2) is 0 Å². The van der Waals surface area contributed by atoms with Crippen LogP contribution in [0.4, 0.5) is 8.78 Å². The Morgan fingerprint density at radius 1 is 1.52 bits per heavy atom.